The Balaban J connectivity index is 1.28. The molecule has 0 aliphatic rings. The molecule has 2 aromatic heterocycles. The highest BCUT2D eigenvalue weighted by Gasteiger charge is 2.08. The lowest BCUT2D eigenvalue weighted by molar-refractivity contribution is -0.385. The van der Waals surface area contributed by atoms with Gasteiger partial charge in [0.15, 0.2) is 0 Å². The number of carbonyl (C=O) groups is 1. The molecular weight excluding hydrogens is 465 g/mol. The molecule has 0 radical (unpaired) electrons. The van der Waals surface area contributed by atoms with Crippen LogP contribution in [0, 0.1) is 15.9 Å². The summed E-state index contributed by atoms with van der Waals surface area (Å²) in [5.74, 6) is 0.355. The van der Waals surface area contributed by atoms with Crippen LogP contribution in [-0.4, -0.2) is 38.9 Å². The second-order valence-electron chi connectivity index (χ2n) is 7.67. The average molecular weight is 487 g/mol. The number of pyridine rings is 1. The van der Waals surface area contributed by atoms with E-state index in [4.69, 9.17) is 0 Å². The fourth-order valence-electron chi connectivity index (χ4n) is 3.29. The second-order valence-corrected chi connectivity index (χ2v) is 7.67. The van der Waals surface area contributed by atoms with Gasteiger partial charge >= 0.3 is 0 Å². The molecule has 4 rings (SSSR count). The van der Waals surface area contributed by atoms with Crippen LogP contribution in [0.4, 0.5) is 21.8 Å². The fourth-order valence-corrected chi connectivity index (χ4v) is 3.29. The predicted molar refractivity (Wildman–Crippen MR) is 133 cm³/mol. The molecule has 2 aromatic carbocycles. The van der Waals surface area contributed by atoms with E-state index in [0.29, 0.717) is 41.7 Å². The Bertz CT molecular complexity index is 1350. The average Bonchev–Trinajstić information content (AvgIpc) is 2.90. The Labute approximate surface area is 205 Å². The Morgan fingerprint density at radius 1 is 0.972 bits per heavy atom. The molecule has 0 saturated heterocycles. The van der Waals surface area contributed by atoms with Crippen molar-refractivity contribution in [1.29, 1.82) is 0 Å². The standard InChI is InChI=1S/C25H22FN7O3/c26-20-3-1-2-17(14-20)15-31-24(34)19-6-4-18(5-7-19)22-10-11-28-25(32-22)29-13-12-27-23-9-8-21(16-30-23)33(35)36/h1-11,14,16H,12-13,15H2,(H,27,30)(H,31,34)(H,28,29,32). The summed E-state index contributed by atoms with van der Waals surface area (Å²) in [5.41, 5.74) is 2.59. The summed E-state index contributed by atoms with van der Waals surface area (Å²) < 4.78 is 13.3. The zero-order valence-electron chi connectivity index (χ0n) is 19.0. The Hall–Kier alpha value is -4.93. The van der Waals surface area contributed by atoms with E-state index in [0.717, 1.165) is 5.56 Å². The van der Waals surface area contributed by atoms with Gasteiger partial charge < -0.3 is 16.0 Å². The summed E-state index contributed by atoms with van der Waals surface area (Å²) in [6, 6.07) is 17.8. The summed E-state index contributed by atoms with van der Waals surface area (Å²) in [5, 5.41) is 19.6. The highest BCUT2D eigenvalue weighted by Crippen LogP contribution is 2.18. The topological polar surface area (TPSA) is 135 Å². The quantitative estimate of drug-likeness (QED) is 0.173. The maximum absolute atomic E-state index is 13.3. The third-order valence-corrected chi connectivity index (χ3v) is 5.11. The van der Waals surface area contributed by atoms with Gasteiger partial charge in [-0.05, 0) is 42.0 Å². The van der Waals surface area contributed by atoms with E-state index >= 15 is 0 Å². The van der Waals surface area contributed by atoms with Gasteiger partial charge in [0.2, 0.25) is 5.95 Å². The number of anilines is 2. The van der Waals surface area contributed by atoms with Crippen LogP contribution in [0.25, 0.3) is 11.3 Å². The van der Waals surface area contributed by atoms with Crippen LogP contribution in [-0.2, 0) is 6.54 Å². The van der Waals surface area contributed by atoms with Crippen LogP contribution in [0.3, 0.4) is 0 Å². The van der Waals surface area contributed by atoms with Crippen LogP contribution >= 0.6 is 0 Å². The number of hydrogen-bond acceptors (Lipinski definition) is 8. The van der Waals surface area contributed by atoms with Crippen molar-refractivity contribution >= 4 is 23.4 Å². The van der Waals surface area contributed by atoms with Crippen molar-refractivity contribution in [2.75, 3.05) is 23.7 Å². The highest BCUT2D eigenvalue weighted by molar-refractivity contribution is 5.94. The normalized spacial score (nSPS) is 10.5. The number of halogens is 1. The van der Waals surface area contributed by atoms with Gasteiger partial charge in [0, 0.05) is 43.0 Å². The van der Waals surface area contributed by atoms with Gasteiger partial charge in [-0.3, -0.25) is 14.9 Å². The summed E-state index contributed by atoms with van der Waals surface area (Å²) in [6.45, 7) is 1.22. The molecule has 3 N–H and O–H groups in total. The van der Waals surface area contributed by atoms with Crippen molar-refractivity contribution in [3.8, 4) is 11.3 Å². The van der Waals surface area contributed by atoms with Crippen molar-refractivity contribution in [3.05, 3.63) is 106 Å². The molecule has 4 aromatic rings. The van der Waals surface area contributed by atoms with E-state index in [1.165, 1.54) is 24.4 Å². The minimum atomic E-state index is -0.500. The van der Waals surface area contributed by atoms with Crippen LogP contribution in [0.2, 0.25) is 0 Å². The third kappa shape index (κ3) is 6.56. The zero-order valence-corrected chi connectivity index (χ0v) is 19.0. The molecule has 10 nitrogen and oxygen atoms in total. The largest absolute Gasteiger partial charge is 0.368 e. The molecule has 0 spiro atoms. The molecule has 2 heterocycles. The van der Waals surface area contributed by atoms with E-state index in [1.54, 1.807) is 54.7 Å². The third-order valence-electron chi connectivity index (χ3n) is 5.11. The number of hydrogen-bond donors (Lipinski definition) is 3. The van der Waals surface area contributed by atoms with E-state index in [1.807, 2.05) is 0 Å². The van der Waals surface area contributed by atoms with Gasteiger partial charge in [0.25, 0.3) is 11.6 Å². The van der Waals surface area contributed by atoms with E-state index in [9.17, 15) is 19.3 Å². The molecule has 11 heteroatoms. The number of nitro groups is 1. The first kappa shape index (κ1) is 24.2. The molecule has 0 saturated carbocycles. The van der Waals surface area contributed by atoms with Crippen LogP contribution in [0.1, 0.15) is 15.9 Å². The van der Waals surface area contributed by atoms with Gasteiger partial charge in [-0.25, -0.2) is 19.3 Å². The molecule has 0 unspecified atom stereocenters. The first-order chi connectivity index (χ1) is 17.5. The number of nitrogens with one attached hydrogen (secondary N) is 3. The van der Waals surface area contributed by atoms with E-state index in [2.05, 4.69) is 30.9 Å². The van der Waals surface area contributed by atoms with Gasteiger partial charge in [-0.15, -0.1) is 0 Å². The Morgan fingerprint density at radius 2 is 1.78 bits per heavy atom. The van der Waals surface area contributed by atoms with Crippen LogP contribution < -0.4 is 16.0 Å². The Morgan fingerprint density at radius 3 is 2.50 bits per heavy atom. The number of benzene rings is 2. The molecule has 0 atom stereocenters. The lowest BCUT2D eigenvalue weighted by Gasteiger charge is -2.09. The molecule has 1 amide bonds. The first-order valence-corrected chi connectivity index (χ1v) is 11.0. The summed E-state index contributed by atoms with van der Waals surface area (Å²) >= 11 is 0. The molecule has 0 bridgehead atoms. The smallest absolute Gasteiger partial charge is 0.287 e. The van der Waals surface area contributed by atoms with Gasteiger partial charge in [-0.1, -0.05) is 24.3 Å². The monoisotopic (exact) mass is 487 g/mol. The Kier molecular flexibility index (Phi) is 7.71. The van der Waals surface area contributed by atoms with Gasteiger partial charge in [-0.2, -0.15) is 0 Å². The van der Waals surface area contributed by atoms with Crippen molar-refractivity contribution in [1.82, 2.24) is 20.3 Å². The SMILES string of the molecule is O=C(NCc1cccc(F)c1)c1ccc(-c2ccnc(NCCNc3ccc([N+](=O)[O-])cn3)n2)cc1. The number of carbonyl (C=O) groups excluding carboxylic acids is 1. The number of aromatic nitrogens is 3. The molecule has 0 aliphatic carbocycles. The molecule has 0 aliphatic heterocycles. The summed E-state index contributed by atoms with van der Waals surface area (Å²) in [4.78, 5) is 35.3. The van der Waals surface area contributed by atoms with E-state index in [-0.39, 0.29) is 24.0 Å². The number of amides is 1. The summed E-state index contributed by atoms with van der Waals surface area (Å²) in [6.07, 6.45) is 2.83. The summed E-state index contributed by atoms with van der Waals surface area (Å²) in [7, 11) is 0. The molecule has 182 valence electrons. The predicted octanol–water partition coefficient (Wildman–Crippen LogP) is 4.04. The molecular formula is C25H22FN7O3. The minimum absolute atomic E-state index is 0.0681. The van der Waals surface area contributed by atoms with E-state index < -0.39 is 4.92 Å². The van der Waals surface area contributed by atoms with Gasteiger partial charge in [0.05, 0.1) is 10.6 Å². The minimum Gasteiger partial charge on any atom is -0.368 e. The fraction of sp³-hybridized carbons (Fsp3) is 0.120. The highest BCUT2D eigenvalue weighted by atomic mass is 19.1. The second kappa shape index (κ2) is 11.5. The van der Waals surface area contributed by atoms with Gasteiger partial charge in [0.1, 0.15) is 17.8 Å². The van der Waals surface area contributed by atoms with Crippen molar-refractivity contribution < 1.29 is 14.1 Å². The van der Waals surface area contributed by atoms with Crippen LogP contribution in [0.5, 0.6) is 0 Å². The first-order valence-electron chi connectivity index (χ1n) is 11.0. The maximum atomic E-state index is 13.3. The molecule has 0 fully saturated rings. The van der Waals surface area contributed by atoms with Crippen LogP contribution in [0.15, 0.2) is 79.1 Å². The number of rotatable bonds is 10. The lowest BCUT2D eigenvalue weighted by atomic mass is 10.1. The van der Waals surface area contributed by atoms with Crippen molar-refractivity contribution in [3.63, 3.8) is 0 Å². The van der Waals surface area contributed by atoms with Crippen molar-refractivity contribution in [2.45, 2.75) is 6.54 Å². The lowest BCUT2D eigenvalue weighted by Crippen LogP contribution is -2.22. The molecule has 36 heavy (non-hydrogen) atoms. The van der Waals surface area contributed by atoms with Crippen molar-refractivity contribution in [2.24, 2.45) is 0 Å². The number of nitrogens with zero attached hydrogens (tertiary/aromatic N) is 4. The zero-order chi connectivity index (χ0) is 25.3. The maximum Gasteiger partial charge on any atom is 0.287 e.